The number of aryl methyl sites for hydroxylation is 3. The van der Waals surface area contributed by atoms with E-state index in [1.807, 2.05) is 43.9 Å². The van der Waals surface area contributed by atoms with Gasteiger partial charge in [-0.1, -0.05) is 31.5 Å². The van der Waals surface area contributed by atoms with E-state index >= 15 is 4.39 Å². The van der Waals surface area contributed by atoms with E-state index in [-0.39, 0.29) is 31.9 Å². The number of hydrogen-bond acceptors (Lipinski definition) is 4. The highest BCUT2D eigenvalue weighted by Crippen LogP contribution is 2.36. The van der Waals surface area contributed by atoms with E-state index in [1.165, 1.54) is 6.20 Å². The lowest BCUT2D eigenvalue weighted by molar-refractivity contribution is -0.137. The maximum atomic E-state index is 15.7. The number of rotatable bonds is 13. The second-order valence-electron chi connectivity index (χ2n) is 11.7. The van der Waals surface area contributed by atoms with Gasteiger partial charge < -0.3 is 9.67 Å². The average Bonchev–Trinajstić information content (AvgIpc) is 2.92. The number of carbonyl (C=O) groups excluding carboxylic acids is 1. The molecule has 3 aromatic rings. The predicted octanol–water partition coefficient (Wildman–Crippen LogP) is 6.59. The smallest absolute Gasteiger partial charge is 0.303 e. The molecule has 0 bridgehead atoms. The van der Waals surface area contributed by atoms with Crippen molar-refractivity contribution in [1.29, 1.82) is 0 Å². The Bertz CT molecular complexity index is 1550. The van der Waals surface area contributed by atoms with Crippen molar-refractivity contribution in [1.82, 2.24) is 9.47 Å². The Morgan fingerprint density at radius 1 is 1.02 bits per heavy atom. The zero-order valence-corrected chi connectivity index (χ0v) is 26.6. The van der Waals surface area contributed by atoms with Gasteiger partial charge in [0.25, 0.3) is 5.56 Å². The van der Waals surface area contributed by atoms with Crippen LogP contribution in [0, 0.1) is 32.4 Å². The first-order valence-corrected chi connectivity index (χ1v) is 14.8. The number of pyridine rings is 1. The van der Waals surface area contributed by atoms with Crippen LogP contribution >= 0.6 is 13.5 Å². The number of benzene rings is 2. The van der Waals surface area contributed by atoms with Crippen LogP contribution in [0.15, 0.2) is 47.4 Å². The van der Waals surface area contributed by atoms with Gasteiger partial charge in [-0.3, -0.25) is 19.3 Å². The molecule has 0 spiro atoms. The van der Waals surface area contributed by atoms with Gasteiger partial charge >= 0.3 is 5.97 Å². The monoisotopic (exact) mass is 630 g/mol. The first kappa shape index (κ1) is 35.1. The number of ketones is 1. The summed E-state index contributed by atoms with van der Waals surface area (Å²) in [6.07, 6.45) is 0.856. The molecular weight excluding hydrogens is 589 g/mol. The van der Waals surface area contributed by atoms with E-state index in [4.69, 9.17) is 0 Å². The van der Waals surface area contributed by atoms with Crippen molar-refractivity contribution in [2.24, 2.45) is 0 Å². The summed E-state index contributed by atoms with van der Waals surface area (Å²) in [7, 11) is 0. The van der Waals surface area contributed by atoms with Gasteiger partial charge in [0.1, 0.15) is 12.0 Å². The molecule has 2 atom stereocenters. The van der Waals surface area contributed by atoms with Crippen molar-refractivity contribution >= 4 is 25.2 Å². The molecule has 0 amide bonds. The zero-order chi connectivity index (χ0) is 31.4. The molecule has 1 aromatic heterocycles. The third kappa shape index (κ3) is 8.01. The molecule has 4 rings (SSSR count). The molecule has 2 heterocycles. The molecule has 0 radical (unpaired) electrons. The van der Waals surface area contributed by atoms with E-state index in [0.717, 1.165) is 32.9 Å². The minimum Gasteiger partial charge on any atom is -0.481 e. The van der Waals surface area contributed by atoms with Crippen LogP contribution in [-0.2, 0) is 16.0 Å². The van der Waals surface area contributed by atoms with Gasteiger partial charge in [-0.05, 0) is 90.8 Å². The third-order valence-electron chi connectivity index (χ3n) is 8.32. The summed E-state index contributed by atoms with van der Waals surface area (Å²) in [4.78, 5) is 40.6. The van der Waals surface area contributed by atoms with Crippen molar-refractivity contribution < 1.29 is 27.9 Å². The second kappa shape index (κ2) is 15.1. The highest BCUT2D eigenvalue weighted by Gasteiger charge is 2.30. The van der Waals surface area contributed by atoms with Crippen molar-refractivity contribution in [2.45, 2.75) is 77.9 Å². The van der Waals surface area contributed by atoms with Crippen LogP contribution in [0.3, 0.4) is 0 Å². The minimum absolute atomic E-state index is 0. The molecule has 1 N–H and O–H groups in total. The fourth-order valence-electron chi connectivity index (χ4n) is 6.09. The normalized spacial score (nSPS) is 14.9. The lowest BCUT2D eigenvalue weighted by Gasteiger charge is -2.34. The Labute approximate surface area is 263 Å². The van der Waals surface area contributed by atoms with E-state index < -0.39 is 53.5 Å². The number of aliphatic carboxylic acids is 1. The van der Waals surface area contributed by atoms with Crippen LogP contribution in [0.25, 0.3) is 11.1 Å². The number of hydrogen-bond donors (Lipinski definition) is 1. The molecule has 1 aliphatic rings. The molecule has 6 nitrogen and oxygen atoms in total. The summed E-state index contributed by atoms with van der Waals surface area (Å²) in [5.74, 6) is -4.23. The van der Waals surface area contributed by atoms with Gasteiger partial charge in [0.05, 0.1) is 12.5 Å². The third-order valence-corrected chi connectivity index (χ3v) is 8.32. The number of carboxylic acids is 1. The molecule has 1 saturated heterocycles. The Morgan fingerprint density at radius 2 is 1.68 bits per heavy atom. The van der Waals surface area contributed by atoms with Crippen molar-refractivity contribution in [3.8, 4) is 11.1 Å². The van der Waals surface area contributed by atoms with Gasteiger partial charge in [0.2, 0.25) is 0 Å². The summed E-state index contributed by atoms with van der Waals surface area (Å²) in [5.41, 5.74) is 3.60. The van der Waals surface area contributed by atoms with E-state index in [1.54, 1.807) is 19.1 Å². The standard InChI is InChI=1S/C34H39F3N2O4.H2S/c1-5-7-29(39-17-23(13-28(36)34(39)43)10-11-38-18-26(35)19-38)30(40)15-24(16-31(41)42)27-14-25(12-22(4)33(27)37)32-20(2)8-6-9-21(32)3;/h6,8-9,12-14,17,24,26,29H,5,7,10-11,15-16,18-19H2,1-4H3,(H,41,42);1H2/t24-,29?;/m0./s1. The fraction of sp³-hybridized carbons (Fsp3) is 0.441. The molecule has 0 saturated carbocycles. The van der Waals surface area contributed by atoms with Gasteiger partial charge in [0.15, 0.2) is 11.6 Å². The number of alkyl halides is 1. The summed E-state index contributed by atoms with van der Waals surface area (Å²) in [5, 5.41) is 9.75. The number of Topliss-reactive ketones (excluding diaryl/α,β-unsaturated/α-hetero) is 1. The van der Waals surface area contributed by atoms with Crippen molar-refractivity contribution in [3.63, 3.8) is 0 Å². The van der Waals surface area contributed by atoms with Crippen LogP contribution in [-0.4, -0.2) is 52.1 Å². The highest BCUT2D eigenvalue weighted by molar-refractivity contribution is 7.59. The summed E-state index contributed by atoms with van der Waals surface area (Å²) in [6, 6.07) is 9.25. The molecule has 2 aromatic carbocycles. The largest absolute Gasteiger partial charge is 0.481 e. The first-order chi connectivity index (χ1) is 20.4. The van der Waals surface area contributed by atoms with Gasteiger partial charge in [-0.15, -0.1) is 0 Å². The molecule has 0 aliphatic carbocycles. The van der Waals surface area contributed by atoms with Crippen LogP contribution in [0.2, 0.25) is 0 Å². The van der Waals surface area contributed by atoms with Gasteiger partial charge in [-0.25, -0.2) is 13.2 Å². The van der Waals surface area contributed by atoms with Gasteiger partial charge in [-0.2, -0.15) is 13.5 Å². The van der Waals surface area contributed by atoms with Crippen LogP contribution in [0.1, 0.15) is 72.4 Å². The number of likely N-dealkylation sites (tertiary alicyclic amines) is 1. The summed E-state index contributed by atoms with van der Waals surface area (Å²) in [6.45, 7) is 8.43. The SMILES string of the molecule is CCCC(C(=O)C[C@@H](CC(=O)O)c1cc(-c2c(C)cccc2C)cc(C)c1F)n1cc(CCN2CC(F)C2)cc(F)c1=O.S. The number of aromatic nitrogens is 1. The number of carboxylic acid groups (broad SMARTS) is 1. The predicted molar refractivity (Wildman–Crippen MR) is 171 cm³/mol. The molecular formula is C34H41F3N2O4S. The molecule has 1 fully saturated rings. The molecule has 1 aliphatic heterocycles. The van der Waals surface area contributed by atoms with Crippen molar-refractivity contribution in [3.05, 3.63) is 92.4 Å². The molecule has 238 valence electrons. The Kier molecular flexibility index (Phi) is 12.0. The zero-order valence-electron chi connectivity index (χ0n) is 25.6. The molecule has 10 heteroatoms. The topological polar surface area (TPSA) is 79.6 Å². The summed E-state index contributed by atoms with van der Waals surface area (Å²) < 4.78 is 44.8. The van der Waals surface area contributed by atoms with Crippen LogP contribution < -0.4 is 5.56 Å². The maximum Gasteiger partial charge on any atom is 0.303 e. The first-order valence-electron chi connectivity index (χ1n) is 14.8. The van der Waals surface area contributed by atoms with E-state index in [2.05, 4.69) is 0 Å². The minimum atomic E-state index is -1.19. The van der Waals surface area contributed by atoms with E-state index in [0.29, 0.717) is 43.6 Å². The number of carbonyl (C=O) groups is 2. The lowest BCUT2D eigenvalue weighted by Crippen LogP contribution is -2.49. The number of nitrogens with zero attached hydrogens (tertiary/aromatic N) is 2. The molecule has 44 heavy (non-hydrogen) atoms. The average molecular weight is 631 g/mol. The fourth-order valence-corrected chi connectivity index (χ4v) is 6.09. The number of halogens is 3. The van der Waals surface area contributed by atoms with Gasteiger partial charge in [0, 0.05) is 38.2 Å². The van der Waals surface area contributed by atoms with Crippen LogP contribution in [0.5, 0.6) is 0 Å². The quantitative estimate of drug-likeness (QED) is 0.231. The maximum absolute atomic E-state index is 15.7. The Balaban J connectivity index is 0.00000529. The van der Waals surface area contributed by atoms with E-state index in [9.17, 15) is 28.3 Å². The molecule has 1 unspecified atom stereocenters. The Hall–Kier alpha value is -3.37. The second-order valence-corrected chi connectivity index (χ2v) is 11.7. The highest BCUT2D eigenvalue weighted by atomic mass is 32.1. The van der Waals surface area contributed by atoms with Crippen molar-refractivity contribution in [2.75, 3.05) is 19.6 Å². The Morgan fingerprint density at radius 3 is 2.27 bits per heavy atom. The lowest BCUT2D eigenvalue weighted by atomic mass is 9.84. The summed E-state index contributed by atoms with van der Waals surface area (Å²) >= 11 is 0. The van der Waals surface area contributed by atoms with Crippen LogP contribution in [0.4, 0.5) is 13.2 Å².